The highest BCUT2D eigenvalue weighted by Crippen LogP contribution is 2.33. The molecule has 0 saturated carbocycles. The molecule has 0 spiro atoms. The second-order valence-electron chi connectivity index (χ2n) is 6.40. The summed E-state index contributed by atoms with van der Waals surface area (Å²) in [5.41, 5.74) is 3.04. The molecule has 0 saturated heterocycles. The Kier molecular flexibility index (Phi) is 4.78. The number of carbonyl (C=O) groups is 1. The number of benzene rings is 2. The van der Waals surface area contributed by atoms with E-state index in [9.17, 15) is 4.79 Å². The SMILES string of the molecule is C=CC(=O)Nc1cc2c(-n3cc(C)nc3-c3ccccc3)ncnc2cc1OC. The van der Waals surface area contributed by atoms with Crippen LogP contribution >= 0.6 is 0 Å². The molecule has 0 aliphatic heterocycles. The van der Waals surface area contributed by atoms with Crippen LogP contribution in [0.3, 0.4) is 0 Å². The summed E-state index contributed by atoms with van der Waals surface area (Å²) in [7, 11) is 1.54. The van der Waals surface area contributed by atoms with Crippen LogP contribution in [0, 0.1) is 6.92 Å². The number of fused-ring (bicyclic) bond motifs is 1. The molecule has 7 heteroatoms. The van der Waals surface area contributed by atoms with Gasteiger partial charge >= 0.3 is 0 Å². The largest absolute Gasteiger partial charge is 0.494 e. The molecular formula is C22H19N5O2. The predicted octanol–water partition coefficient (Wildman–Crippen LogP) is 3.92. The van der Waals surface area contributed by atoms with Gasteiger partial charge in [0.05, 0.1) is 24.0 Å². The summed E-state index contributed by atoms with van der Waals surface area (Å²) in [5, 5.41) is 3.52. The van der Waals surface area contributed by atoms with Crippen LogP contribution in [0.5, 0.6) is 5.75 Å². The van der Waals surface area contributed by atoms with Crippen molar-refractivity contribution in [3.63, 3.8) is 0 Å². The lowest BCUT2D eigenvalue weighted by Gasteiger charge is -2.13. The fourth-order valence-electron chi connectivity index (χ4n) is 3.16. The highest BCUT2D eigenvalue weighted by molar-refractivity contribution is 6.02. The van der Waals surface area contributed by atoms with Crippen molar-refractivity contribution in [2.45, 2.75) is 6.92 Å². The molecule has 4 rings (SSSR count). The van der Waals surface area contributed by atoms with Gasteiger partial charge in [0.1, 0.15) is 23.7 Å². The number of amides is 1. The van der Waals surface area contributed by atoms with Crippen LogP contribution in [0.1, 0.15) is 5.69 Å². The number of methoxy groups -OCH3 is 1. The lowest BCUT2D eigenvalue weighted by Crippen LogP contribution is -2.09. The lowest BCUT2D eigenvalue weighted by molar-refractivity contribution is -0.111. The van der Waals surface area contributed by atoms with Crippen molar-refractivity contribution in [1.82, 2.24) is 19.5 Å². The average Bonchev–Trinajstić information content (AvgIpc) is 3.14. The van der Waals surface area contributed by atoms with E-state index in [1.54, 1.807) is 19.2 Å². The van der Waals surface area contributed by atoms with Gasteiger partial charge in [-0.3, -0.25) is 9.36 Å². The van der Waals surface area contributed by atoms with E-state index in [-0.39, 0.29) is 5.91 Å². The molecule has 0 aliphatic rings. The highest BCUT2D eigenvalue weighted by atomic mass is 16.5. The van der Waals surface area contributed by atoms with Gasteiger partial charge in [-0.05, 0) is 19.1 Å². The molecule has 7 nitrogen and oxygen atoms in total. The normalized spacial score (nSPS) is 10.7. The number of hydrogen-bond donors (Lipinski definition) is 1. The number of hydrogen-bond acceptors (Lipinski definition) is 5. The third-order valence-electron chi connectivity index (χ3n) is 4.47. The molecule has 0 bridgehead atoms. The van der Waals surface area contributed by atoms with Crippen LogP contribution < -0.4 is 10.1 Å². The summed E-state index contributed by atoms with van der Waals surface area (Å²) < 4.78 is 7.34. The van der Waals surface area contributed by atoms with Crippen molar-refractivity contribution in [3.05, 3.63) is 73.3 Å². The summed E-state index contributed by atoms with van der Waals surface area (Å²) in [5.74, 6) is 1.61. The maximum atomic E-state index is 11.9. The number of aryl methyl sites for hydroxylation is 1. The third kappa shape index (κ3) is 3.45. The monoisotopic (exact) mass is 385 g/mol. The van der Waals surface area contributed by atoms with Gasteiger partial charge in [-0.15, -0.1) is 0 Å². The van der Waals surface area contributed by atoms with Crippen molar-refractivity contribution in [2.24, 2.45) is 0 Å². The van der Waals surface area contributed by atoms with Crippen molar-refractivity contribution in [2.75, 3.05) is 12.4 Å². The molecule has 29 heavy (non-hydrogen) atoms. The quantitative estimate of drug-likeness (QED) is 0.527. The van der Waals surface area contributed by atoms with Gasteiger partial charge in [0.25, 0.3) is 0 Å². The number of nitrogens with one attached hydrogen (secondary N) is 1. The van der Waals surface area contributed by atoms with E-state index in [1.165, 1.54) is 12.4 Å². The molecule has 0 aliphatic carbocycles. The molecule has 2 aromatic heterocycles. The van der Waals surface area contributed by atoms with Gasteiger partial charge in [-0.25, -0.2) is 15.0 Å². The minimum absolute atomic E-state index is 0.329. The molecule has 0 radical (unpaired) electrons. The fraction of sp³-hybridized carbons (Fsp3) is 0.0909. The Morgan fingerprint density at radius 1 is 1.21 bits per heavy atom. The first-order valence-electron chi connectivity index (χ1n) is 8.98. The molecule has 0 unspecified atom stereocenters. The van der Waals surface area contributed by atoms with Gasteiger partial charge in [0, 0.05) is 23.2 Å². The van der Waals surface area contributed by atoms with E-state index in [1.807, 2.05) is 48.0 Å². The summed E-state index contributed by atoms with van der Waals surface area (Å²) >= 11 is 0. The summed E-state index contributed by atoms with van der Waals surface area (Å²) in [6, 6.07) is 13.5. The Labute approximate surface area is 167 Å². The maximum Gasteiger partial charge on any atom is 0.247 e. The van der Waals surface area contributed by atoms with E-state index in [4.69, 9.17) is 4.74 Å². The van der Waals surface area contributed by atoms with Crippen LogP contribution in [0.25, 0.3) is 28.1 Å². The van der Waals surface area contributed by atoms with Gasteiger partial charge < -0.3 is 10.1 Å². The Hall–Kier alpha value is -4.00. The Balaban J connectivity index is 1.95. The number of ether oxygens (including phenoxy) is 1. The van der Waals surface area contributed by atoms with Crippen LogP contribution in [-0.2, 0) is 4.79 Å². The van der Waals surface area contributed by atoms with Crippen LogP contribution in [0.2, 0.25) is 0 Å². The number of rotatable bonds is 5. The molecule has 144 valence electrons. The van der Waals surface area contributed by atoms with Crippen molar-refractivity contribution in [3.8, 4) is 23.0 Å². The van der Waals surface area contributed by atoms with E-state index in [0.717, 1.165) is 22.5 Å². The molecule has 1 amide bonds. The van der Waals surface area contributed by atoms with Crippen LogP contribution in [0.4, 0.5) is 5.69 Å². The Morgan fingerprint density at radius 2 is 2.00 bits per heavy atom. The standard InChI is InChI=1S/C22H19N5O2/c1-4-20(28)26-18-10-16-17(11-19(18)29-3)23-13-24-22(16)27-12-14(2)25-21(27)15-8-6-5-7-9-15/h4-13H,1H2,2-3H3,(H,26,28). The molecule has 2 aromatic carbocycles. The second kappa shape index (κ2) is 7.55. The number of carbonyl (C=O) groups excluding carboxylic acids is 1. The van der Waals surface area contributed by atoms with Crippen molar-refractivity contribution >= 4 is 22.5 Å². The van der Waals surface area contributed by atoms with Gasteiger partial charge in [-0.1, -0.05) is 36.9 Å². The Bertz CT molecular complexity index is 1210. The zero-order chi connectivity index (χ0) is 20.4. The number of imidazole rings is 1. The van der Waals surface area contributed by atoms with Crippen LogP contribution in [0.15, 0.2) is 67.6 Å². The summed E-state index contributed by atoms with van der Waals surface area (Å²) in [4.78, 5) is 25.4. The first-order valence-corrected chi connectivity index (χ1v) is 8.98. The van der Waals surface area contributed by atoms with Crippen molar-refractivity contribution in [1.29, 1.82) is 0 Å². The third-order valence-corrected chi connectivity index (χ3v) is 4.47. The number of anilines is 1. The van der Waals surface area contributed by atoms with E-state index in [0.29, 0.717) is 22.8 Å². The van der Waals surface area contributed by atoms with Crippen LogP contribution in [-0.4, -0.2) is 32.5 Å². The van der Waals surface area contributed by atoms with Gasteiger partial charge in [0.15, 0.2) is 0 Å². The average molecular weight is 385 g/mol. The molecule has 1 N–H and O–H groups in total. The first-order chi connectivity index (χ1) is 14.1. The molecule has 4 aromatic rings. The minimum Gasteiger partial charge on any atom is -0.494 e. The maximum absolute atomic E-state index is 11.9. The highest BCUT2D eigenvalue weighted by Gasteiger charge is 2.16. The molecule has 0 atom stereocenters. The summed E-state index contributed by atoms with van der Waals surface area (Å²) in [6.07, 6.45) is 4.64. The first kappa shape index (κ1) is 18.4. The molecule has 2 heterocycles. The number of aromatic nitrogens is 4. The molecule has 0 fully saturated rings. The van der Waals surface area contributed by atoms with Gasteiger partial charge in [-0.2, -0.15) is 0 Å². The Morgan fingerprint density at radius 3 is 2.72 bits per heavy atom. The van der Waals surface area contributed by atoms with E-state index < -0.39 is 0 Å². The molecular weight excluding hydrogens is 366 g/mol. The predicted molar refractivity (Wildman–Crippen MR) is 112 cm³/mol. The lowest BCUT2D eigenvalue weighted by atomic mass is 10.1. The van der Waals surface area contributed by atoms with E-state index >= 15 is 0 Å². The van der Waals surface area contributed by atoms with Gasteiger partial charge in [0.2, 0.25) is 5.91 Å². The smallest absolute Gasteiger partial charge is 0.247 e. The topological polar surface area (TPSA) is 81.9 Å². The minimum atomic E-state index is -0.329. The fourth-order valence-corrected chi connectivity index (χ4v) is 3.16. The van der Waals surface area contributed by atoms with E-state index in [2.05, 4.69) is 26.8 Å². The summed E-state index contributed by atoms with van der Waals surface area (Å²) in [6.45, 7) is 5.43. The number of nitrogens with zero attached hydrogens (tertiary/aromatic N) is 4. The zero-order valence-corrected chi connectivity index (χ0v) is 16.1. The van der Waals surface area contributed by atoms with Crippen molar-refractivity contribution < 1.29 is 9.53 Å². The zero-order valence-electron chi connectivity index (χ0n) is 16.1. The second-order valence-corrected chi connectivity index (χ2v) is 6.40.